The molecule has 0 saturated carbocycles. The van der Waals surface area contributed by atoms with E-state index in [4.69, 9.17) is 4.52 Å². The number of rotatable bonds is 8. The standard InChI is InChI=1S/C23H32N4O4/c1-15-6-5-7-16(2)22(15)24-21(28)12-19(23(29)30)13-26-8-10-27(11-9-26)14-20-17(3)25-31-18(20)4/h5-7,19H,8-14H2,1-4H3,(H,24,28)(H,29,30). The Labute approximate surface area is 183 Å². The topological polar surface area (TPSA) is 98.9 Å². The molecule has 2 N–H and O–H groups in total. The molecule has 1 atom stereocenters. The lowest BCUT2D eigenvalue weighted by Gasteiger charge is -2.35. The Kier molecular flexibility index (Phi) is 7.46. The fraction of sp³-hybridized carbons (Fsp3) is 0.522. The quantitative estimate of drug-likeness (QED) is 0.667. The number of nitrogens with one attached hydrogen (secondary N) is 1. The van der Waals surface area contributed by atoms with Gasteiger partial charge >= 0.3 is 5.97 Å². The molecule has 1 unspecified atom stereocenters. The van der Waals surface area contributed by atoms with Gasteiger partial charge < -0.3 is 14.9 Å². The number of anilines is 1. The summed E-state index contributed by atoms with van der Waals surface area (Å²) in [4.78, 5) is 28.8. The SMILES string of the molecule is Cc1cccc(C)c1NC(=O)CC(CN1CCN(Cc2c(C)noc2C)CC1)C(=O)O. The first-order valence-electron chi connectivity index (χ1n) is 10.7. The summed E-state index contributed by atoms with van der Waals surface area (Å²) in [6.45, 7) is 12.1. The van der Waals surface area contributed by atoms with Crippen molar-refractivity contribution in [3.05, 3.63) is 46.3 Å². The number of piperazine rings is 1. The molecule has 1 saturated heterocycles. The molecule has 2 heterocycles. The summed E-state index contributed by atoms with van der Waals surface area (Å²) >= 11 is 0. The highest BCUT2D eigenvalue weighted by Crippen LogP contribution is 2.21. The lowest BCUT2D eigenvalue weighted by Crippen LogP contribution is -2.48. The van der Waals surface area contributed by atoms with Crippen molar-refractivity contribution in [1.29, 1.82) is 0 Å². The van der Waals surface area contributed by atoms with Crippen LogP contribution in [0.1, 0.15) is 34.6 Å². The summed E-state index contributed by atoms with van der Waals surface area (Å²) in [5.41, 5.74) is 4.75. The van der Waals surface area contributed by atoms with Gasteiger partial charge in [-0.15, -0.1) is 0 Å². The summed E-state index contributed by atoms with van der Waals surface area (Å²) in [6.07, 6.45) is -0.0393. The number of hydrogen-bond acceptors (Lipinski definition) is 6. The third kappa shape index (κ3) is 5.92. The second kappa shape index (κ2) is 10.1. The highest BCUT2D eigenvalue weighted by molar-refractivity contribution is 5.94. The smallest absolute Gasteiger partial charge is 0.308 e. The van der Waals surface area contributed by atoms with Crippen molar-refractivity contribution in [2.75, 3.05) is 38.0 Å². The van der Waals surface area contributed by atoms with E-state index in [0.717, 1.165) is 66.6 Å². The summed E-state index contributed by atoms with van der Waals surface area (Å²) in [7, 11) is 0. The number of nitrogens with zero attached hydrogens (tertiary/aromatic N) is 3. The van der Waals surface area contributed by atoms with Crippen LogP contribution in [0.25, 0.3) is 0 Å². The van der Waals surface area contributed by atoms with Crippen LogP contribution < -0.4 is 5.32 Å². The van der Waals surface area contributed by atoms with Crippen LogP contribution in [0, 0.1) is 33.6 Å². The number of carbonyl (C=O) groups excluding carboxylic acids is 1. The Morgan fingerprint density at radius 2 is 1.71 bits per heavy atom. The maximum atomic E-state index is 12.6. The summed E-state index contributed by atoms with van der Waals surface area (Å²) < 4.78 is 5.24. The number of benzene rings is 1. The number of amides is 1. The Morgan fingerprint density at radius 1 is 1.10 bits per heavy atom. The summed E-state index contributed by atoms with van der Waals surface area (Å²) in [5.74, 6) is -1.09. The van der Waals surface area contributed by atoms with E-state index in [1.807, 2.05) is 45.9 Å². The predicted molar refractivity (Wildman–Crippen MR) is 118 cm³/mol. The molecule has 8 heteroatoms. The Morgan fingerprint density at radius 3 is 2.26 bits per heavy atom. The molecule has 1 aromatic heterocycles. The largest absolute Gasteiger partial charge is 0.481 e. The molecule has 1 aliphatic rings. The third-order valence-corrected chi connectivity index (χ3v) is 6.03. The Balaban J connectivity index is 1.51. The van der Waals surface area contributed by atoms with E-state index in [-0.39, 0.29) is 12.3 Å². The minimum atomic E-state index is -0.935. The van der Waals surface area contributed by atoms with Gasteiger partial charge in [-0.2, -0.15) is 0 Å². The van der Waals surface area contributed by atoms with Gasteiger partial charge in [-0.3, -0.25) is 19.4 Å². The van der Waals surface area contributed by atoms with Gasteiger partial charge in [0.1, 0.15) is 5.76 Å². The van der Waals surface area contributed by atoms with Gasteiger partial charge in [0.2, 0.25) is 5.91 Å². The molecular formula is C23H32N4O4. The number of hydrogen-bond donors (Lipinski definition) is 2. The molecule has 2 aromatic rings. The molecule has 3 rings (SSSR count). The van der Waals surface area contributed by atoms with Gasteiger partial charge in [0.25, 0.3) is 0 Å². The van der Waals surface area contributed by atoms with Crippen LogP contribution in [-0.2, 0) is 16.1 Å². The maximum absolute atomic E-state index is 12.6. The van der Waals surface area contributed by atoms with Gasteiger partial charge in [0, 0.05) is 56.9 Å². The van der Waals surface area contributed by atoms with Crippen molar-refractivity contribution in [3.63, 3.8) is 0 Å². The van der Waals surface area contributed by atoms with Gasteiger partial charge in [0.05, 0.1) is 11.6 Å². The summed E-state index contributed by atoms with van der Waals surface area (Å²) in [5, 5.41) is 16.6. The van der Waals surface area contributed by atoms with Crippen LogP contribution >= 0.6 is 0 Å². The molecule has 0 spiro atoms. The van der Waals surface area contributed by atoms with E-state index in [9.17, 15) is 14.7 Å². The van der Waals surface area contributed by atoms with Crippen molar-refractivity contribution < 1.29 is 19.2 Å². The van der Waals surface area contributed by atoms with Crippen LogP contribution in [0.4, 0.5) is 5.69 Å². The number of carbonyl (C=O) groups is 2. The number of aliphatic carboxylic acids is 1. The lowest BCUT2D eigenvalue weighted by atomic mass is 10.0. The molecule has 168 valence electrons. The summed E-state index contributed by atoms with van der Waals surface area (Å²) in [6, 6.07) is 5.80. The number of para-hydroxylation sites is 1. The van der Waals surface area contributed by atoms with Gasteiger partial charge in [-0.1, -0.05) is 23.4 Å². The van der Waals surface area contributed by atoms with Crippen molar-refractivity contribution in [3.8, 4) is 0 Å². The minimum Gasteiger partial charge on any atom is -0.481 e. The van der Waals surface area contributed by atoms with E-state index in [0.29, 0.717) is 6.54 Å². The fourth-order valence-corrected chi connectivity index (χ4v) is 4.05. The Hall–Kier alpha value is -2.71. The van der Waals surface area contributed by atoms with Crippen LogP contribution in [0.15, 0.2) is 22.7 Å². The lowest BCUT2D eigenvalue weighted by molar-refractivity contribution is -0.144. The first-order valence-corrected chi connectivity index (χ1v) is 10.7. The van der Waals surface area contributed by atoms with Crippen LogP contribution in [-0.4, -0.2) is 64.7 Å². The highest BCUT2D eigenvalue weighted by Gasteiger charge is 2.27. The molecule has 1 aromatic carbocycles. The molecular weight excluding hydrogens is 396 g/mol. The van der Waals surface area contributed by atoms with Crippen molar-refractivity contribution in [1.82, 2.24) is 15.0 Å². The highest BCUT2D eigenvalue weighted by atomic mass is 16.5. The number of aromatic nitrogens is 1. The van der Waals surface area contributed by atoms with Gasteiger partial charge in [-0.25, -0.2) is 0 Å². The molecule has 0 aliphatic carbocycles. The van der Waals surface area contributed by atoms with Crippen molar-refractivity contribution in [2.24, 2.45) is 5.92 Å². The normalized spacial score (nSPS) is 16.3. The average Bonchev–Trinajstić information content (AvgIpc) is 3.03. The number of carboxylic acids is 1. The predicted octanol–water partition coefficient (Wildman–Crippen LogP) is 2.76. The minimum absolute atomic E-state index is 0.0393. The van der Waals surface area contributed by atoms with Gasteiger partial charge in [0.15, 0.2) is 0 Å². The molecule has 8 nitrogen and oxygen atoms in total. The molecule has 1 amide bonds. The van der Waals surface area contributed by atoms with Crippen LogP contribution in [0.5, 0.6) is 0 Å². The van der Waals surface area contributed by atoms with Crippen molar-refractivity contribution >= 4 is 17.6 Å². The third-order valence-electron chi connectivity index (χ3n) is 6.03. The fourth-order valence-electron chi connectivity index (χ4n) is 4.05. The molecule has 0 bridgehead atoms. The zero-order chi connectivity index (χ0) is 22.5. The Bertz CT molecular complexity index is 892. The second-order valence-electron chi connectivity index (χ2n) is 8.43. The van der Waals surface area contributed by atoms with E-state index in [1.165, 1.54) is 0 Å². The zero-order valence-electron chi connectivity index (χ0n) is 18.8. The molecule has 31 heavy (non-hydrogen) atoms. The molecule has 1 fully saturated rings. The van der Waals surface area contributed by atoms with Crippen LogP contribution in [0.2, 0.25) is 0 Å². The van der Waals surface area contributed by atoms with Crippen molar-refractivity contribution in [2.45, 2.75) is 40.7 Å². The second-order valence-corrected chi connectivity index (χ2v) is 8.43. The van der Waals surface area contributed by atoms with E-state index in [2.05, 4.69) is 20.3 Å². The van der Waals surface area contributed by atoms with E-state index < -0.39 is 11.9 Å². The molecule has 1 aliphatic heterocycles. The van der Waals surface area contributed by atoms with E-state index >= 15 is 0 Å². The first kappa shape index (κ1) is 23.0. The number of carboxylic acid groups (broad SMARTS) is 1. The number of aryl methyl sites for hydroxylation is 4. The zero-order valence-corrected chi connectivity index (χ0v) is 18.8. The molecule has 0 radical (unpaired) electrons. The first-order chi connectivity index (χ1) is 14.7. The van der Waals surface area contributed by atoms with Gasteiger partial charge in [-0.05, 0) is 38.8 Å². The van der Waals surface area contributed by atoms with E-state index in [1.54, 1.807) is 0 Å². The maximum Gasteiger partial charge on any atom is 0.308 e. The monoisotopic (exact) mass is 428 g/mol. The average molecular weight is 429 g/mol. The van der Waals surface area contributed by atoms with Crippen LogP contribution in [0.3, 0.4) is 0 Å².